The van der Waals surface area contributed by atoms with E-state index < -0.39 is 21.7 Å². The molecule has 2 aliphatic rings. The van der Waals surface area contributed by atoms with E-state index in [1.54, 1.807) is 24.3 Å². The average molecular weight is 609 g/mol. The second-order valence-corrected chi connectivity index (χ2v) is 13.3. The highest BCUT2D eigenvalue weighted by atomic mass is 32.2. The van der Waals surface area contributed by atoms with Crippen molar-refractivity contribution in [3.05, 3.63) is 95.3 Å². The Kier molecular flexibility index (Phi) is 9.74. The van der Waals surface area contributed by atoms with E-state index >= 15 is 4.39 Å². The van der Waals surface area contributed by atoms with Crippen molar-refractivity contribution in [2.75, 3.05) is 49.1 Å². The summed E-state index contributed by atoms with van der Waals surface area (Å²) in [5.74, 6) is -0.568. The number of ether oxygens (including phenoxy) is 1. The number of amides is 2. The van der Waals surface area contributed by atoms with Crippen LogP contribution in [0.4, 0.5) is 14.9 Å². The van der Waals surface area contributed by atoms with Gasteiger partial charge in [0.2, 0.25) is 0 Å². The topological polar surface area (TPSA) is 113 Å². The summed E-state index contributed by atoms with van der Waals surface area (Å²) in [6.45, 7) is 2.58. The van der Waals surface area contributed by atoms with Crippen LogP contribution < -0.4 is 15.4 Å². The lowest BCUT2D eigenvalue weighted by molar-refractivity contribution is 0.0968. The first-order valence-corrected chi connectivity index (χ1v) is 16.3. The highest BCUT2D eigenvalue weighted by molar-refractivity contribution is 7.91. The fourth-order valence-electron chi connectivity index (χ4n) is 5.40. The molecule has 2 amide bonds. The van der Waals surface area contributed by atoms with Crippen LogP contribution in [0.25, 0.3) is 0 Å². The van der Waals surface area contributed by atoms with E-state index in [1.807, 2.05) is 6.07 Å². The van der Waals surface area contributed by atoms with Crippen LogP contribution in [-0.2, 0) is 22.9 Å². The second kappa shape index (κ2) is 13.7. The number of carbonyl (C=O) groups is 2. The molecule has 5 rings (SSSR count). The Morgan fingerprint density at radius 2 is 1.60 bits per heavy atom. The van der Waals surface area contributed by atoms with Gasteiger partial charge in [-0.05, 0) is 48.7 Å². The zero-order valence-corrected chi connectivity index (χ0v) is 24.8. The number of urea groups is 1. The maximum Gasteiger partial charge on any atom is 0.324 e. The number of benzene rings is 3. The van der Waals surface area contributed by atoms with Crippen LogP contribution in [0.15, 0.2) is 72.8 Å². The first-order valence-electron chi connectivity index (χ1n) is 14.5. The van der Waals surface area contributed by atoms with Gasteiger partial charge in [-0.1, -0.05) is 42.5 Å². The Morgan fingerprint density at radius 3 is 2.23 bits per heavy atom. The molecular formula is C32H37FN4O5S. The molecule has 0 radical (unpaired) electrons. The molecule has 3 aromatic rings. The van der Waals surface area contributed by atoms with E-state index in [4.69, 9.17) is 10.5 Å². The number of ketones is 1. The number of hydrogen-bond acceptors (Lipinski definition) is 7. The minimum Gasteiger partial charge on any atom is -0.490 e. The van der Waals surface area contributed by atoms with Gasteiger partial charge in [0, 0.05) is 49.5 Å². The minimum absolute atomic E-state index is 0.0637. The summed E-state index contributed by atoms with van der Waals surface area (Å²) in [4.78, 5) is 30.9. The number of halogens is 1. The summed E-state index contributed by atoms with van der Waals surface area (Å²) in [5, 5.41) is 0. The molecule has 43 heavy (non-hydrogen) atoms. The number of piperidine rings is 1. The fourth-order valence-corrected chi connectivity index (χ4v) is 6.61. The van der Waals surface area contributed by atoms with Gasteiger partial charge in [0.25, 0.3) is 0 Å². The van der Waals surface area contributed by atoms with Gasteiger partial charge in [0.1, 0.15) is 17.7 Å². The molecular weight excluding hydrogens is 571 g/mol. The number of nitrogens with two attached hydrogens (primary N) is 1. The van der Waals surface area contributed by atoms with Gasteiger partial charge in [0.05, 0.1) is 24.6 Å². The molecule has 228 valence electrons. The monoisotopic (exact) mass is 608 g/mol. The van der Waals surface area contributed by atoms with E-state index in [0.717, 1.165) is 38.5 Å². The van der Waals surface area contributed by atoms with Crippen molar-refractivity contribution in [2.45, 2.75) is 32.0 Å². The van der Waals surface area contributed by atoms with Gasteiger partial charge in [-0.15, -0.1) is 0 Å². The van der Waals surface area contributed by atoms with Crippen LogP contribution in [0.5, 0.6) is 5.75 Å². The van der Waals surface area contributed by atoms with Crippen molar-refractivity contribution in [1.82, 2.24) is 9.80 Å². The van der Waals surface area contributed by atoms with Crippen LogP contribution in [-0.4, -0.2) is 80.4 Å². The third-order valence-corrected chi connectivity index (χ3v) is 9.58. The molecule has 0 aromatic heterocycles. The summed E-state index contributed by atoms with van der Waals surface area (Å²) >= 11 is 0. The van der Waals surface area contributed by atoms with Gasteiger partial charge in [-0.2, -0.15) is 0 Å². The third-order valence-electron chi connectivity index (χ3n) is 7.97. The summed E-state index contributed by atoms with van der Waals surface area (Å²) < 4.78 is 45.2. The summed E-state index contributed by atoms with van der Waals surface area (Å²) in [7, 11) is -3.19. The number of hydrogen-bond donors (Lipinski definition) is 1. The molecule has 2 aliphatic heterocycles. The summed E-state index contributed by atoms with van der Waals surface area (Å²) in [6, 6.07) is 21.2. The SMILES string of the molecule is NCC(=O)c1ccc(CN(C(=O)N2CCS(=O)(=O)CC2)c2ccc(OC3CCN(Cc4ccccc4)CC3)cc2)c(F)c1. The molecule has 9 nitrogen and oxygen atoms in total. The van der Waals surface area contributed by atoms with E-state index in [0.29, 0.717) is 11.4 Å². The summed E-state index contributed by atoms with van der Waals surface area (Å²) in [5.41, 5.74) is 7.60. The molecule has 11 heteroatoms. The van der Waals surface area contributed by atoms with Crippen molar-refractivity contribution in [3.63, 3.8) is 0 Å². The Balaban J connectivity index is 1.27. The molecule has 0 aliphatic carbocycles. The molecule has 0 unspecified atom stereocenters. The molecule has 0 saturated carbocycles. The standard InChI is InChI=1S/C32H37FN4O5S/c33-30-20-25(31(38)21-34)6-7-26(30)23-37(32(39)36-16-18-43(40,41)19-17-36)27-8-10-28(11-9-27)42-29-12-14-35(15-13-29)22-24-4-2-1-3-5-24/h1-11,20,29H,12-19,21-23,34H2. The molecule has 2 saturated heterocycles. The number of Topliss-reactive ketones (excluding diaryl/α,β-unsaturated/α-hetero) is 1. The largest absolute Gasteiger partial charge is 0.490 e. The Bertz CT molecular complexity index is 1510. The van der Waals surface area contributed by atoms with Gasteiger partial charge < -0.3 is 15.4 Å². The minimum atomic E-state index is -3.19. The normalized spacial score (nSPS) is 17.4. The lowest BCUT2D eigenvalue weighted by atomic mass is 10.1. The lowest BCUT2D eigenvalue weighted by Crippen LogP contribution is -2.49. The maximum atomic E-state index is 15.1. The van der Waals surface area contributed by atoms with Crippen molar-refractivity contribution in [2.24, 2.45) is 5.73 Å². The quantitative estimate of drug-likeness (QED) is 0.367. The number of nitrogens with zero attached hydrogens (tertiary/aromatic N) is 3. The number of carbonyl (C=O) groups excluding carboxylic acids is 2. The van der Waals surface area contributed by atoms with Crippen LogP contribution >= 0.6 is 0 Å². The summed E-state index contributed by atoms with van der Waals surface area (Å²) in [6.07, 6.45) is 1.88. The van der Waals surface area contributed by atoms with Gasteiger partial charge in [0.15, 0.2) is 15.6 Å². The highest BCUT2D eigenvalue weighted by Gasteiger charge is 2.30. The number of sulfone groups is 1. The Labute approximate surface area is 251 Å². The predicted molar refractivity (Wildman–Crippen MR) is 163 cm³/mol. The van der Waals surface area contributed by atoms with E-state index in [1.165, 1.54) is 27.5 Å². The average Bonchev–Trinajstić information content (AvgIpc) is 3.02. The van der Waals surface area contributed by atoms with Crippen LogP contribution in [0.2, 0.25) is 0 Å². The molecule has 3 aromatic carbocycles. The molecule has 2 fully saturated rings. The predicted octanol–water partition coefficient (Wildman–Crippen LogP) is 3.87. The smallest absolute Gasteiger partial charge is 0.324 e. The first-order chi connectivity index (χ1) is 20.7. The zero-order chi connectivity index (χ0) is 30.4. The van der Waals surface area contributed by atoms with Gasteiger partial charge in [-0.25, -0.2) is 17.6 Å². The maximum absolute atomic E-state index is 15.1. The first kappa shape index (κ1) is 30.7. The van der Waals surface area contributed by atoms with Gasteiger partial charge in [-0.3, -0.25) is 14.6 Å². The fraction of sp³-hybridized carbons (Fsp3) is 0.375. The second-order valence-electron chi connectivity index (χ2n) is 11.0. The Morgan fingerprint density at radius 1 is 0.930 bits per heavy atom. The van der Waals surface area contributed by atoms with E-state index in [9.17, 15) is 18.0 Å². The zero-order valence-electron chi connectivity index (χ0n) is 24.0. The molecule has 2 heterocycles. The number of rotatable bonds is 9. The van der Waals surface area contributed by atoms with Gasteiger partial charge >= 0.3 is 6.03 Å². The van der Waals surface area contributed by atoms with Crippen molar-refractivity contribution in [1.29, 1.82) is 0 Å². The lowest BCUT2D eigenvalue weighted by Gasteiger charge is -2.33. The highest BCUT2D eigenvalue weighted by Crippen LogP contribution is 2.27. The Hall–Kier alpha value is -3.80. The van der Waals surface area contributed by atoms with Crippen LogP contribution in [0, 0.1) is 5.82 Å². The van der Waals surface area contributed by atoms with Crippen LogP contribution in [0.3, 0.4) is 0 Å². The number of anilines is 1. The molecule has 2 N–H and O–H groups in total. The van der Waals surface area contributed by atoms with Crippen LogP contribution in [0.1, 0.15) is 34.3 Å². The third kappa shape index (κ3) is 7.98. The van der Waals surface area contributed by atoms with E-state index in [2.05, 4.69) is 29.2 Å². The number of likely N-dealkylation sites (tertiary alicyclic amines) is 1. The molecule has 0 spiro atoms. The molecule has 0 atom stereocenters. The van der Waals surface area contributed by atoms with E-state index in [-0.39, 0.29) is 60.7 Å². The van der Waals surface area contributed by atoms with Crippen molar-refractivity contribution >= 4 is 27.3 Å². The molecule has 0 bridgehead atoms. The van der Waals surface area contributed by atoms with Crippen molar-refractivity contribution in [3.8, 4) is 5.75 Å². The van der Waals surface area contributed by atoms with Crippen molar-refractivity contribution < 1.29 is 27.1 Å².